The summed E-state index contributed by atoms with van der Waals surface area (Å²) in [4.78, 5) is 25.6. The molecule has 2 N–H and O–H groups in total. The number of carbonyl (C=O) groups excluding carboxylic acids is 2. The molecule has 7 heteroatoms. The van der Waals surface area contributed by atoms with Gasteiger partial charge in [-0.05, 0) is 24.1 Å². The molecular weight excluding hydrogens is 390 g/mol. The molecule has 0 aliphatic heterocycles. The Kier molecular flexibility index (Phi) is 4.77. The van der Waals surface area contributed by atoms with Crippen LogP contribution < -0.4 is 5.32 Å². The molecule has 146 valence electrons. The topological polar surface area (TPSA) is 101 Å². The molecule has 0 aromatic heterocycles. The SMILES string of the molecule is O=C1c2ccccc2C(=O)c2c(NCCc3ccccc3)cc(S(=O)(=O)O)cc21. The third-order valence-corrected chi connectivity index (χ3v) is 5.70. The van der Waals surface area contributed by atoms with E-state index in [-0.39, 0.29) is 33.7 Å². The van der Waals surface area contributed by atoms with Gasteiger partial charge in [-0.25, -0.2) is 0 Å². The van der Waals surface area contributed by atoms with Crippen molar-refractivity contribution in [3.8, 4) is 0 Å². The zero-order valence-electron chi connectivity index (χ0n) is 15.3. The summed E-state index contributed by atoms with van der Waals surface area (Å²) in [5.74, 6) is -0.814. The summed E-state index contributed by atoms with van der Waals surface area (Å²) in [6.45, 7) is 0.411. The van der Waals surface area contributed by atoms with Gasteiger partial charge in [-0.3, -0.25) is 14.1 Å². The zero-order valence-corrected chi connectivity index (χ0v) is 16.1. The Labute approximate surface area is 168 Å². The molecule has 0 radical (unpaired) electrons. The molecule has 3 aromatic carbocycles. The summed E-state index contributed by atoms with van der Waals surface area (Å²) in [6, 6.07) is 18.3. The second-order valence-corrected chi connectivity index (χ2v) is 8.16. The molecular formula is C22H17NO5S. The minimum atomic E-state index is -4.56. The monoisotopic (exact) mass is 407 g/mol. The molecule has 0 spiro atoms. The van der Waals surface area contributed by atoms with Crippen LogP contribution in [0.3, 0.4) is 0 Å². The van der Waals surface area contributed by atoms with Crippen molar-refractivity contribution in [2.45, 2.75) is 11.3 Å². The van der Waals surface area contributed by atoms with E-state index >= 15 is 0 Å². The molecule has 0 amide bonds. The van der Waals surface area contributed by atoms with Gasteiger partial charge in [-0.2, -0.15) is 8.42 Å². The standard InChI is InChI=1S/C22H17NO5S/c24-21-16-8-4-5-9-17(16)22(25)20-18(21)12-15(29(26,27)28)13-19(20)23-11-10-14-6-2-1-3-7-14/h1-9,12-13,23H,10-11H2,(H,26,27,28). The number of hydrogen-bond acceptors (Lipinski definition) is 5. The number of rotatable bonds is 5. The maximum Gasteiger partial charge on any atom is 0.294 e. The summed E-state index contributed by atoms with van der Waals surface area (Å²) in [7, 11) is -4.56. The second-order valence-electron chi connectivity index (χ2n) is 6.73. The van der Waals surface area contributed by atoms with Crippen LogP contribution in [0.5, 0.6) is 0 Å². The maximum atomic E-state index is 13.1. The molecule has 0 heterocycles. The van der Waals surface area contributed by atoms with Crippen molar-refractivity contribution in [2.24, 2.45) is 0 Å². The fourth-order valence-electron chi connectivity index (χ4n) is 3.47. The Morgan fingerprint density at radius 1 is 0.793 bits per heavy atom. The van der Waals surface area contributed by atoms with Gasteiger partial charge < -0.3 is 5.32 Å². The van der Waals surface area contributed by atoms with Crippen molar-refractivity contribution in [1.29, 1.82) is 0 Å². The van der Waals surface area contributed by atoms with Crippen LogP contribution in [0.25, 0.3) is 0 Å². The summed E-state index contributed by atoms with van der Waals surface area (Å²) in [5.41, 5.74) is 1.84. The molecule has 0 saturated carbocycles. The molecule has 1 aliphatic carbocycles. The number of hydrogen-bond donors (Lipinski definition) is 2. The van der Waals surface area contributed by atoms with E-state index < -0.39 is 20.8 Å². The fraction of sp³-hybridized carbons (Fsp3) is 0.0909. The highest BCUT2D eigenvalue weighted by molar-refractivity contribution is 7.85. The highest BCUT2D eigenvalue weighted by Crippen LogP contribution is 2.34. The Morgan fingerprint density at radius 2 is 1.41 bits per heavy atom. The predicted octanol–water partition coefficient (Wildman–Crippen LogP) is 3.36. The lowest BCUT2D eigenvalue weighted by molar-refractivity contribution is 0.0979. The van der Waals surface area contributed by atoms with Crippen molar-refractivity contribution in [2.75, 3.05) is 11.9 Å². The van der Waals surface area contributed by atoms with Crippen LogP contribution in [-0.4, -0.2) is 31.1 Å². The number of anilines is 1. The molecule has 0 saturated heterocycles. The van der Waals surface area contributed by atoms with Crippen LogP contribution >= 0.6 is 0 Å². The van der Waals surface area contributed by atoms with Crippen molar-refractivity contribution in [1.82, 2.24) is 0 Å². The quantitative estimate of drug-likeness (QED) is 0.492. The van der Waals surface area contributed by atoms with Crippen LogP contribution in [0.1, 0.15) is 37.4 Å². The van der Waals surface area contributed by atoms with Crippen LogP contribution in [0.4, 0.5) is 5.69 Å². The summed E-state index contributed by atoms with van der Waals surface area (Å²) >= 11 is 0. The predicted molar refractivity (Wildman–Crippen MR) is 108 cm³/mol. The smallest absolute Gasteiger partial charge is 0.294 e. The van der Waals surface area contributed by atoms with Crippen LogP contribution in [0.2, 0.25) is 0 Å². The molecule has 4 rings (SSSR count). The van der Waals surface area contributed by atoms with E-state index in [1.807, 2.05) is 30.3 Å². The lowest BCUT2D eigenvalue weighted by atomic mass is 9.83. The molecule has 0 atom stereocenters. The molecule has 3 aromatic rings. The number of nitrogens with one attached hydrogen (secondary N) is 1. The summed E-state index contributed by atoms with van der Waals surface area (Å²) in [6.07, 6.45) is 0.629. The van der Waals surface area contributed by atoms with Crippen molar-refractivity contribution < 1.29 is 22.6 Å². The van der Waals surface area contributed by atoms with E-state index in [1.165, 1.54) is 12.1 Å². The maximum absolute atomic E-state index is 13.1. The minimum absolute atomic E-state index is 0.0361. The molecule has 0 bridgehead atoms. The minimum Gasteiger partial charge on any atom is -0.384 e. The summed E-state index contributed by atoms with van der Waals surface area (Å²) in [5, 5.41) is 3.07. The van der Waals surface area contributed by atoms with Gasteiger partial charge >= 0.3 is 0 Å². The van der Waals surface area contributed by atoms with Crippen molar-refractivity contribution in [3.63, 3.8) is 0 Å². The Bertz CT molecular complexity index is 1230. The lowest BCUT2D eigenvalue weighted by Gasteiger charge is -2.21. The molecule has 0 unspecified atom stereocenters. The second kappa shape index (κ2) is 7.27. The summed E-state index contributed by atoms with van der Waals surface area (Å²) < 4.78 is 33.0. The van der Waals surface area contributed by atoms with Gasteiger partial charge in [0, 0.05) is 28.9 Å². The molecule has 6 nitrogen and oxygen atoms in total. The van der Waals surface area contributed by atoms with Gasteiger partial charge in [-0.15, -0.1) is 0 Å². The molecule has 29 heavy (non-hydrogen) atoms. The first kappa shape index (κ1) is 19.0. The first-order valence-electron chi connectivity index (χ1n) is 8.98. The fourth-order valence-corrected chi connectivity index (χ4v) is 4.01. The average molecular weight is 407 g/mol. The van der Waals surface area contributed by atoms with Gasteiger partial charge in [0.25, 0.3) is 10.1 Å². The Morgan fingerprint density at radius 3 is 2.07 bits per heavy atom. The van der Waals surface area contributed by atoms with Crippen molar-refractivity contribution in [3.05, 3.63) is 94.5 Å². The first-order chi connectivity index (χ1) is 13.9. The van der Waals surface area contributed by atoms with Crippen LogP contribution in [-0.2, 0) is 16.5 Å². The van der Waals surface area contributed by atoms with Crippen LogP contribution in [0.15, 0.2) is 71.6 Å². The van der Waals surface area contributed by atoms with Gasteiger partial charge in [0.1, 0.15) is 0 Å². The van der Waals surface area contributed by atoms with Gasteiger partial charge in [0.05, 0.1) is 10.5 Å². The molecule has 1 aliphatic rings. The zero-order chi connectivity index (χ0) is 20.6. The van der Waals surface area contributed by atoms with Crippen molar-refractivity contribution >= 4 is 27.4 Å². The Balaban J connectivity index is 1.78. The third-order valence-electron chi connectivity index (χ3n) is 4.87. The normalized spacial score (nSPS) is 13.0. The Hall–Kier alpha value is -3.29. The highest BCUT2D eigenvalue weighted by atomic mass is 32.2. The van der Waals surface area contributed by atoms with E-state index in [0.29, 0.717) is 13.0 Å². The average Bonchev–Trinajstić information content (AvgIpc) is 2.71. The number of carbonyl (C=O) groups is 2. The van der Waals surface area contributed by atoms with E-state index in [9.17, 15) is 22.6 Å². The van der Waals surface area contributed by atoms with Gasteiger partial charge in [-0.1, -0.05) is 54.6 Å². The third kappa shape index (κ3) is 3.57. The number of fused-ring (bicyclic) bond motifs is 2. The van der Waals surface area contributed by atoms with E-state index in [2.05, 4.69) is 5.32 Å². The molecule has 0 fully saturated rings. The largest absolute Gasteiger partial charge is 0.384 e. The van der Waals surface area contributed by atoms with Gasteiger partial charge in [0.2, 0.25) is 0 Å². The lowest BCUT2D eigenvalue weighted by Crippen LogP contribution is -2.23. The number of ketones is 2. The number of benzene rings is 3. The van der Waals surface area contributed by atoms with E-state index in [0.717, 1.165) is 11.6 Å². The highest BCUT2D eigenvalue weighted by Gasteiger charge is 2.33. The van der Waals surface area contributed by atoms with E-state index in [1.54, 1.807) is 18.2 Å². The first-order valence-corrected chi connectivity index (χ1v) is 10.4. The van der Waals surface area contributed by atoms with E-state index in [4.69, 9.17) is 0 Å². The van der Waals surface area contributed by atoms with Gasteiger partial charge in [0.15, 0.2) is 11.6 Å². The van der Waals surface area contributed by atoms with Crippen LogP contribution in [0, 0.1) is 0 Å².